The minimum atomic E-state index is -1.11. The molecule has 0 spiro atoms. The number of amides is 1. The van der Waals surface area contributed by atoms with E-state index in [0.717, 1.165) is 38.4 Å². The highest BCUT2D eigenvalue weighted by Crippen LogP contribution is 2.31. The van der Waals surface area contributed by atoms with E-state index in [1.54, 1.807) is 0 Å². The quantitative estimate of drug-likeness (QED) is 0.808. The summed E-state index contributed by atoms with van der Waals surface area (Å²) < 4.78 is 11.0. The lowest BCUT2D eigenvalue weighted by Crippen LogP contribution is -2.46. The van der Waals surface area contributed by atoms with Crippen LogP contribution < -0.4 is 5.32 Å². The normalized spacial score (nSPS) is 17.1. The molecule has 2 N–H and O–H groups in total. The topological polar surface area (TPSA) is 88.8 Å². The van der Waals surface area contributed by atoms with Crippen molar-refractivity contribution in [2.45, 2.75) is 51.0 Å². The lowest BCUT2D eigenvalue weighted by atomic mass is 9.84. The van der Waals surface area contributed by atoms with Crippen LogP contribution >= 0.6 is 0 Å². The van der Waals surface area contributed by atoms with Crippen LogP contribution in [0, 0.1) is 0 Å². The molecule has 1 heterocycles. The van der Waals surface area contributed by atoms with Gasteiger partial charge in [-0.15, -0.1) is 0 Å². The second-order valence-corrected chi connectivity index (χ2v) is 5.78. The lowest BCUT2D eigenvalue weighted by molar-refractivity contribution is -0.0669. The molecule has 122 valence electrons. The van der Waals surface area contributed by atoms with Gasteiger partial charge >= 0.3 is 5.97 Å². The molecule has 1 saturated carbocycles. The van der Waals surface area contributed by atoms with Gasteiger partial charge < -0.3 is 19.6 Å². The van der Waals surface area contributed by atoms with E-state index in [4.69, 9.17) is 14.3 Å². The highest BCUT2D eigenvalue weighted by atomic mass is 16.5. The third-order valence-corrected chi connectivity index (χ3v) is 4.02. The van der Waals surface area contributed by atoms with Crippen LogP contribution in [0.5, 0.6) is 0 Å². The van der Waals surface area contributed by atoms with Crippen LogP contribution in [0.3, 0.4) is 0 Å². The van der Waals surface area contributed by atoms with Crippen molar-refractivity contribution < 1.29 is 23.8 Å². The molecule has 1 aliphatic rings. The molecule has 0 aliphatic heterocycles. The summed E-state index contributed by atoms with van der Waals surface area (Å²) in [5.41, 5.74) is -0.327. The van der Waals surface area contributed by atoms with Crippen molar-refractivity contribution in [1.82, 2.24) is 5.32 Å². The van der Waals surface area contributed by atoms with Gasteiger partial charge in [0.2, 0.25) is 0 Å². The van der Waals surface area contributed by atoms with Crippen LogP contribution in [0.4, 0.5) is 0 Å². The van der Waals surface area contributed by atoms with Crippen molar-refractivity contribution in [3.8, 4) is 0 Å². The number of ether oxygens (including phenoxy) is 1. The Balaban J connectivity index is 1.95. The van der Waals surface area contributed by atoms with Gasteiger partial charge in [-0.1, -0.05) is 26.2 Å². The molecule has 1 aromatic heterocycles. The fourth-order valence-electron chi connectivity index (χ4n) is 2.78. The van der Waals surface area contributed by atoms with Gasteiger partial charge in [-0.2, -0.15) is 0 Å². The van der Waals surface area contributed by atoms with E-state index in [0.29, 0.717) is 13.2 Å². The van der Waals surface area contributed by atoms with Crippen LogP contribution in [0.1, 0.15) is 66.4 Å². The number of carbonyl (C=O) groups excluding carboxylic acids is 1. The first-order valence-electron chi connectivity index (χ1n) is 7.80. The molecule has 1 fully saturated rings. The zero-order chi connectivity index (χ0) is 16.0. The Labute approximate surface area is 129 Å². The maximum Gasteiger partial charge on any atom is 0.338 e. The summed E-state index contributed by atoms with van der Waals surface area (Å²) in [6.45, 7) is 3.17. The SMILES string of the molecule is CCCOC1(CNC(=O)c2cc(C(=O)O)co2)CCCCC1. The molecule has 2 rings (SSSR count). The maximum atomic E-state index is 12.1. The van der Waals surface area contributed by atoms with Crippen LogP contribution in [-0.2, 0) is 4.74 Å². The summed E-state index contributed by atoms with van der Waals surface area (Å²) in [4.78, 5) is 22.9. The zero-order valence-corrected chi connectivity index (χ0v) is 12.9. The summed E-state index contributed by atoms with van der Waals surface area (Å²) in [5, 5.41) is 11.7. The van der Waals surface area contributed by atoms with Crippen molar-refractivity contribution in [2.24, 2.45) is 0 Å². The molecule has 0 radical (unpaired) electrons. The van der Waals surface area contributed by atoms with Gasteiger partial charge in [0.15, 0.2) is 5.76 Å². The number of carboxylic acids is 1. The third kappa shape index (κ3) is 4.10. The standard InChI is InChI=1S/C16H23NO5/c1-2-8-22-16(6-4-3-5-7-16)11-17-14(18)13-9-12(10-21-13)15(19)20/h9-10H,2-8,11H2,1H3,(H,17,18)(H,19,20). The third-order valence-electron chi connectivity index (χ3n) is 4.02. The summed E-state index contributed by atoms with van der Waals surface area (Å²) in [6, 6.07) is 1.23. The average Bonchev–Trinajstić information content (AvgIpc) is 3.02. The molecule has 6 nitrogen and oxygen atoms in total. The molecule has 0 unspecified atom stereocenters. The number of rotatable bonds is 7. The van der Waals surface area contributed by atoms with Gasteiger partial charge in [-0.25, -0.2) is 4.79 Å². The summed E-state index contributed by atoms with van der Waals surface area (Å²) in [5.74, 6) is -1.51. The minimum Gasteiger partial charge on any atom is -0.478 e. The Bertz CT molecular complexity index is 516. The number of aromatic carboxylic acids is 1. The van der Waals surface area contributed by atoms with Crippen LogP contribution in [-0.4, -0.2) is 35.7 Å². The summed E-state index contributed by atoms with van der Waals surface area (Å²) in [7, 11) is 0. The summed E-state index contributed by atoms with van der Waals surface area (Å²) in [6.07, 6.45) is 7.28. The predicted octanol–water partition coefficient (Wildman–Crippen LogP) is 2.84. The van der Waals surface area contributed by atoms with E-state index in [1.807, 2.05) is 0 Å². The highest BCUT2D eigenvalue weighted by Gasteiger charge is 2.33. The van der Waals surface area contributed by atoms with Crippen LogP contribution in [0.25, 0.3) is 0 Å². The Morgan fingerprint density at radius 1 is 1.36 bits per heavy atom. The first-order valence-corrected chi connectivity index (χ1v) is 7.80. The second kappa shape index (κ2) is 7.45. The number of hydrogen-bond donors (Lipinski definition) is 2. The van der Waals surface area contributed by atoms with E-state index in [9.17, 15) is 9.59 Å². The summed E-state index contributed by atoms with van der Waals surface area (Å²) >= 11 is 0. The van der Waals surface area contributed by atoms with E-state index >= 15 is 0 Å². The van der Waals surface area contributed by atoms with Gasteiger partial charge in [0, 0.05) is 19.2 Å². The monoisotopic (exact) mass is 309 g/mol. The lowest BCUT2D eigenvalue weighted by Gasteiger charge is -2.37. The number of hydrogen-bond acceptors (Lipinski definition) is 4. The molecule has 1 aromatic rings. The number of carboxylic acid groups (broad SMARTS) is 1. The number of nitrogens with one attached hydrogen (secondary N) is 1. The van der Waals surface area contributed by atoms with Crippen molar-refractivity contribution >= 4 is 11.9 Å². The number of furan rings is 1. The molecule has 1 aliphatic carbocycles. The zero-order valence-electron chi connectivity index (χ0n) is 12.9. The van der Waals surface area contributed by atoms with Crippen LogP contribution in [0.15, 0.2) is 16.7 Å². The Hall–Kier alpha value is -1.82. The fourth-order valence-corrected chi connectivity index (χ4v) is 2.78. The second-order valence-electron chi connectivity index (χ2n) is 5.78. The molecule has 22 heavy (non-hydrogen) atoms. The molecular weight excluding hydrogens is 286 g/mol. The van der Waals surface area contributed by atoms with Gasteiger partial charge in [-0.05, 0) is 19.3 Å². The highest BCUT2D eigenvalue weighted by molar-refractivity contribution is 5.95. The Kier molecular flexibility index (Phi) is 5.60. The number of carbonyl (C=O) groups is 2. The van der Waals surface area contributed by atoms with Crippen molar-refractivity contribution in [1.29, 1.82) is 0 Å². The van der Waals surface area contributed by atoms with Crippen molar-refractivity contribution in [3.63, 3.8) is 0 Å². The first-order chi connectivity index (χ1) is 10.6. The maximum absolute atomic E-state index is 12.1. The average molecular weight is 309 g/mol. The van der Waals surface area contributed by atoms with Gasteiger partial charge in [0.05, 0.1) is 11.2 Å². The van der Waals surface area contributed by atoms with Crippen molar-refractivity contribution in [3.05, 3.63) is 23.7 Å². The largest absolute Gasteiger partial charge is 0.478 e. The molecule has 0 aromatic carbocycles. The Morgan fingerprint density at radius 2 is 2.09 bits per heavy atom. The molecule has 1 amide bonds. The fraction of sp³-hybridized carbons (Fsp3) is 0.625. The predicted molar refractivity (Wildman–Crippen MR) is 80.1 cm³/mol. The first kappa shape index (κ1) is 16.5. The Morgan fingerprint density at radius 3 is 2.68 bits per heavy atom. The van der Waals surface area contributed by atoms with Crippen molar-refractivity contribution in [2.75, 3.05) is 13.2 Å². The smallest absolute Gasteiger partial charge is 0.338 e. The van der Waals surface area contributed by atoms with Gasteiger partial charge in [0.1, 0.15) is 6.26 Å². The van der Waals surface area contributed by atoms with Gasteiger partial charge in [0.25, 0.3) is 5.91 Å². The molecule has 0 atom stereocenters. The molecule has 0 saturated heterocycles. The van der Waals surface area contributed by atoms with E-state index in [-0.39, 0.29) is 16.9 Å². The van der Waals surface area contributed by atoms with Crippen LogP contribution in [0.2, 0.25) is 0 Å². The van der Waals surface area contributed by atoms with E-state index < -0.39 is 11.9 Å². The van der Waals surface area contributed by atoms with E-state index in [1.165, 1.54) is 12.5 Å². The minimum absolute atomic E-state index is 0.0128. The molecule has 6 heteroatoms. The molecule has 0 bridgehead atoms. The molecular formula is C16H23NO5. The van der Waals surface area contributed by atoms with Gasteiger partial charge in [-0.3, -0.25) is 4.79 Å². The van der Waals surface area contributed by atoms with E-state index in [2.05, 4.69) is 12.2 Å².